The number of alkyl carbamates (subject to hydrolysis) is 1. The molecule has 0 saturated carbocycles. The van der Waals surface area contributed by atoms with E-state index in [-0.39, 0.29) is 64.1 Å². The highest BCUT2D eigenvalue weighted by Gasteiger charge is 2.51. The number of halogens is 1. The second kappa shape index (κ2) is 15.1. The highest BCUT2D eigenvalue weighted by Crippen LogP contribution is 2.30. The summed E-state index contributed by atoms with van der Waals surface area (Å²) in [7, 11) is 0. The molecule has 2 fully saturated rings. The van der Waals surface area contributed by atoms with Gasteiger partial charge in [-0.05, 0) is 30.0 Å². The number of carbonyl (C=O) groups is 4. The number of rotatable bonds is 11. The number of urea groups is 1. The smallest absolute Gasteiger partial charge is 0.407 e. The van der Waals surface area contributed by atoms with E-state index in [1.165, 1.54) is 21.0 Å². The molecule has 4 rings (SSSR count). The van der Waals surface area contributed by atoms with E-state index in [0.29, 0.717) is 11.4 Å². The van der Waals surface area contributed by atoms with Crippen LogP contribution in [0.5, 0.6) is 0 Å². The molecule has 0 aliphatic carbocycles. The van der Waals surface area contributed by atoms with Crippen molar-refractivity contribution >= 4 is 35.5 Å². The number of fused-ring (bicyclic) bond motifs is 1. The molecule has 2 saturated heterocycles. The third-order valence-electron chi connectivity index (χ3n) is 7.17. The lowest BCUT2D eigenvalue weighted by Gasteiger charge is -2.55. The van der Waals surface area contributed by atoms with Gasteiger partial charge in [-0.2, -0.15) is 5.01 Å². The number of carbonyl (C=O) groups excluding carboxylic acids is 4. The molecule has 2 heterocycles. The monoisotopic (exact) mass is 606 g/mol. The number of nitrogens with zero attached hydrogens (tertiary/aromatic N) is 4. The van der Waals surface area contributed by atoms with Crippen LogP contribution in [0.1, 0.15) is 24.0 Å². The quantitative estimate of drug-likeness (QED) is 0.231. The van der Waals surface area contributed by atoms with Crippen LogP contribution in [-0.2, 0) is 27.4 Å². The number of nitrogens with one attached hydrogen (secondary N) is 2. The van der Waals surface area contributed by atoms with Crippen molar-refractivity contribution in [3.05, 3.63) is 83.4 Å². The van der Waals surface area contributed by atoms with Gasteiger partial charge < -0.3 is 25.2 Å². The highest BCUT2D eigenvalue weighted by molar-refractivity contribution is 6.31. The van der Waals surface area contributed by atoms with Crippen LogP contribution in [0.3, 0.4) is 0 Å². The molecule has 0 spiro atoms. The van der Waals surface area contributed by atoms with Crippen molar-refractivity contribution in [3.8, 4) is 12.3 Å². The Bertz CT molecular complexity index is 1370. The summed E-state index contributed by atoms with van der Waals surface area (Å²) in [6.45, 7) is 4.17. The first-order valence-electron chi connectivity index (χ1n) is 14.0. The molecule has 2 aliphatic heterocycles. The molecule has 2 aromatic rings. The van der Waals surface area contributed by atoms with Gasteiger partial charge in [-0.1, -0.05) is 78.7 Å². The van der Waals surface area contributed by atoms with Crippen LogP contribution in [0, 0.1) is 12.3 Å². The van der Waals surface area contributed by atoms with Crippen molar-refractivity contribution in [1.82, 2.24) is 30.5 Å². The molecule has 11 nitrogen and oxygen atoms in total. The molecular weight excluding hydrogens is 572 g/mol. The lowest BCUT2D eigenvalue weighted by molar-refractivity contribution is -0.189. The fourth-order valence-corrected chi connectivity index (χ4v) is 5.41. The van der Waals surface area contributed by atoms with E-state index in [9.17, 15) is 19.2 Å². The van der Waals surface area contributed by atoms with Crippen LogP contribution in [-0.4, -0.2) is 88.7 Å². The van der Waals surface area contributed by atoms with Crippen molar-refractivity contribution in [2.75, 3.05) is 32.8 Å². The van der Waals surface area contributed by atoms with E-state index in [2.05, 4.69) is 23.1 Å². The summed E-state index contributed by atoms with van der Waals surface area (Å²) in [5.74, 6) is 1.95. The molecule has 2 atom stereocenters. The minimum atomic E-state index is -0.878. The Morgan fingerprint density at radius 3 is 2.58 bits per heavy atom. The minimum Gasteiger partial charge on any atom is -0.445 e. The Morgan fingerprint density at radius 2 is 1.86 bits per heavy atom. The molecule has 43 heavy (non-hydrogen) atoms. The normalized spacial score (nSPS) is 18.5. The van der Waals surface area contributed by atoms with Gasteiger partial charge in [0.1, 0.15) is 18.8 Å². The van der Waals surface area contributed by atoms with Gasteiger partial charge in [0.15, 0.2) is 0 Å². The van der Waals surface area contributed by atoms with Gasteiger partial charge in [0, 0.05) is 24.7 Å². The number of ether oxygens (including phenoxy) is 1. The van der Waals surface area contributed by atoms with Gasteiger partial charge in [0.05, 0.1) is 19.6 Å². The maximum atomic E-state index is 13.9. The fourth-order valence-electron chi connectivity index (χ4n) is 5.21. The van der Waals surface area contributed by atoms with E-state index < -0.39 is 24.3 Å². The number of hydrazine groups is 1. The third-order valence-corrected chi connectivity index (χ3v) is 7.54. The van der Waals surface area contributed by atoms with Crippen molar-refractivity contribution in [2.45, 2.75) is 38.1 Å². The molecule has 2 aliphatic rings. The summed E-state index contributed by atoms with van der Waals surface area (Å²) in [5, 5.41) is 9.05. The molecule has 0 bridgehead atoms. The standard InChI is InChI=1S/C31H35ClN6O5/c1-3-17-36-22-28(39)37-26(15-10-16-33-31(42)43-18-4-2)29(40)35(20-24-13-8-9-14-25(24)32)21-27(37)38(36)30(41)34-19-23-11-6-5-7-12-23/h1,4-9,11-14,26-27H,2,10,15-22H2,(H,33,42)(H,34,41)/t26-,27-/m0/s1. The third kappa shape index (κ3) is 7.85. The average molecular weight is 607 g/mol. The van der Waals surface area contributed by atoms with E-state index in [1.54, 1.807) is 17.0 Å². The molecule has 0 radical (unpaired) electrons. The van der Waals surface area contributed by atoms with Gasteiger partial charge >= 0.3 is 12.1 Å². The molecule has 0 unspecified atom stereocenters. The Balaban J connectivity index is 1.60. The van der Waals surface area contributed by atoms with Gasteiger partial charge in [-0.3, -0.25) is 9.59 Å². The van der Waals surface area contributed by atoms with Gasteiger partial charge in [0.2, 0.25) is 11.8 Å². The lowest BCUT2D eigenvalue weighted by atomic mass is 10.0. The summed E-state index contributed by atoms with van der Waals surface area (Å²) in [6.07, 6.45) is 6.29. The van der Waals surface area contributed by atoms with Crippen molar-refractivity contribution in [2.24, 2.45) is 0 Å². The number of benzene rings is 2. The van der Waals surface area contributed by atoms with Crippen LogP contribution < -0.4 is 10.6 Å². The van der Waals surface area contributed by atoms with E-state index in [1.807, 2.05) is 42.5 Å². The molecule has 12 heteroatoms. The molecule has 2 N–H and O–H groups in total. The Kier molecular flexibility index (Phi) is 11.0. The van der Waals surface area contributed by atoms with Crippen molar-refractivity contribution < 1.29 is 23.9 Å². The molecule has 5 amide bonds. The number of hydrogen-bond acceptors (Lipinski definition) is 6. The highest BCUT2D eigenvalue weighted by atomic mass is 35.5. The minimum absolute atomic E-state index is 0.0225. The first kappa shape index (κ1) is 31.4. The maximum Gasteiger partial charge on any atom is 0.407 e. The SMILES string of the molecule is C#CCN1CC(=O)N2[C@@H](CCCNC(=O)OCC=C)C(=O)N(Cc3ccccc3Cl)C[C@@H]2N1C(=O)NCc1ccccc1. The molecule has 0 aromatic heterocycles. The summed E-state index contributed by atoms with van der Waals surface area (Å²) in [4.78, 5) is 56.1. The first-order chi connectivity index (χ1) is 20.8. The zero-order valence-corrected chi connectivity index (χ0v) is 24.5. The fraction of sp³-hybridized carbons (Fsp3) is 0.355. The predicted octanol–water partition coefficient (Wildman–Crippen LogP) is 2.97. The summed E-state index contributed by atoms with van der Waals surface area (Å²) in [5.41, 5.74) is 1.64. The average Bonchev–Trinajstić information content (AvgIpc) is 3.00. The van der Waals surface area contributed by atoms with Gasteiger partial charge in [0.25, 0.3) is 0 Å². The summed E-state index contributed by atoms with van der Waals surface area (Å²) < 4.78 is 4.94. The van der Waals surface area contributed by atoms with Crippen LogP contribution >= 0.6 is 11.6 Å². The van der Waals surface area contributed by atoms with Crippen LogP contribution in [0.15, 0.2) is 67.3 Å². The largest absolute Gasteiger partial charge is 0.445 e. The van der Waals surface area contributed by atoms with Gasteiger partial charge in [-0.25, -0.2) is 14.6 Å². The number of terminal acetylenes is 1. The second-order valence-electron chi connectivity index (χ2n) is 10.1. The summed E-state index contributed by atoms with van der Waals surface area (Å²) in [6, 6.07) is 15.3. The first-order valence-corrected chi connectivity index (χ1v) is 14.4. The van der Waals surface area contributed by atoms with E-state index in [4.69, 9.17) is 22.8 Å². The van der Waals surface area contributed by atoms with E-state index in [0.717, 1.165) is 11.1 Å². The molecular formula is C31H35ClN6O5. The maximum absolute atomic E-state index is 13.9. The van der Waals surface area contributed by atoms with Crippen LogP contribution in [0.25, 0.3) is 0 Å². The van der Waals surface area contributed by atoms with Crippen molar-refractivity contribution in [1.29, 1.82) is 0 Å². The summed E-state index contributed by atoms with van der Waals surface area (Å²) >= 11 is 6.43. The Hall–Kier alpha value is -4.53. The van der Waals surface area contributed by atoms with Crippen molar-refractivity contribution in [3.63, 3.8) is 0 Å². The Morgan fingerprint density at radius 1 is 1.12 bits per heavy atom. The number of hydrogen-bond donors (Lipinski definition) is 2. The zero-order chi connectivity index (χ0) is 30.8. The molecule has 2 aromatic carbocycles. The molecule has 226 valence electrons. The number of piperazine rings is 1. The number of amides is 5. The van der Waals surface area contributed by atoms with Gasteiger partial charge in [-0.15, -0.1) is 6.42 Å². The topological polar surface area (TPSA) is 115 Å². The predicted molar refractivity (Wildman–Crippen MR) is 161 cm³/mol. The lowest BCUT2D eigenvalue weighted by Crippen LogP contribution is -2.76. The Labute approximate surface area is 256 Å². The van der Waals surface area contributed by atoms with Crippen LogP contribution in [0.2, 0.25) is 5.02 Å². The zero-order valence-electron chi connectivity index (χ0n) is 23.8. The van der Waals surface area contributed by atoms with Crippen LogP contribution in [0.4, 0.5) is 9.59 Å². The van der Waals surface area contributed by atoms with E-state index >= 15 is 0 Å². The second-order valence-corrected chi connectivity index (χ2v) is 10.5.